The minimum atomic E-state index is -1.89. The highest BCUT2D eigenvalue weighted by atomic mass is 16.5. The third-order valence-electron chi connectivity index (χ3n) is 5.93. The smallest absolute Gasteiger partial charge is 0.202 e. The molecule has 4 rings (SSSR count). The van der Waals surface area contributed by atoms with Crippen molar-refractivity contribution in [1.82, 2.24) is 0 Å². The van der Waals surface area contributed by atoms with Gasteiger partial charge in [0, 0.05) is 29.5 Å². The molecule has 0 bridgehead atoms. The van der Waals surface area contributed by atoms with Crippen LogP contribution in [0.5, 0.6) is 17.2 Å². The van der Waals surface area contributed by atoms with Crippen molar-refractivity contribution >= 4 is 17.3 Å². The number of fused-ring (bicyclic) bond motifs is 3. The van der Waals surface area contributed by atoms with Gasteiger partial charge in [-0.25, -0.2) is 0 Å². The summed E-state index contributed by atoms with van der Waals surface area (Å²) in [5.41, 5.74) is -2.15. The number of hydrogen-bond donors (Lipinski definition) is 3. The molecule has 2 aromatic rings. The summed E-state index contributed by atoms with van der Waals surface area (Å²) in [5.74, 6) is -2.21. The van der Waals surface area contributed by atoms with Crippen LogP contribution < -0.4 is 9.47 Å². The molecule has 8 nitrogen and oxygen atoms in total. The van der Waals surface area contributed by atoms with Gasteiger partial charge in [0.05, 0.1) is 37.0 Å². The number of carbonyl (C=O) groups excluding carboxylic acids is 3. The lowest BCUT2D eigenvalue weighted by Gasteiger charge is -2.37. The highest BCUT2D eigenvalue weighted by molar-refractivity contribution is 6.31. The fourth-order valence-corrected chi connectivity index (χ4v) is 4.42. The van der Waals surface area contributed by atoms with Crippen molar-refractivity contribution < 1.29 is 39.2 Å². The van der Waals surface area contributed by atoms with E-state index in [9.17, 15) is 29.7 Å². The van der Waals surface area contributed by atoms with Gasteiger partial charge in [-0.15, -0.1) is 0 Å². The Hall–Kier alpha value is -3.23. The Morgan fingerprint density at radius 3 is 2.40 bits per heavy atom. The zero-order valence-electron chi connectivity index (χ0n) is 16.6. The fraction of sp³-hybridized carbons (Fsp3) is 0.318. The number of phenols is 1. The summed E-state index contributed by atoms with van der Waals surface area (Å²) in [6.07, 6.45) is -2.07. The van der Waals surface area contributed by atoms with Crippen LogP contribution in [0.25, 0.3) is 0 Å². The SMILES string of the molecule is COc1cccc2c1C(=O)c1c(O)c3c(c(OC)c1C2=O)C[C@@](O)(C(C)=O)C[C@H]3O. The number of Topliss-reactive ketones (excluding diaryl/α,β-unsaturated/α-hetero) is 1. The van der Waals surface area contributed by atoms with Crippen LogP contribution in [-0.4, -0.2) is 52.5 Å². The molecule has 0 heterocycles. The Morgan fingerprint density at radius 2 is 1.80 bits per heavy atom. The van der Waals surface area contributed by atoms with Gasteiger partial charge in [0.25, 0.3) is 0 Å². The molecule has 0 spiro atoms. The van der Waals surface area contributed by atoms with Crippen molar-refractivity contribution in [2.75, 3.05) is 14.2 Å². The molecule has 0 saturated carbocycles. The Kier molecular flexibility index (Phi) is 4.44. The summed E-state index contributed by atoms with van der Waals surface area (Å²) < 4.78 is 10.7. The first-order valence-electron chi connectivity index (χ1n) is 9.29. The van der Waals surface area contributed by atoms with E-state index in [2.05, 4.69) is 0 Å². The molecule has 0 aromatic heterocycles. The first-order valence-corrected chi connectivity index (χ1v) is 9.29. The maximum Gasteiger partial charge on any atom is 0.202 e. The first-order chi connectivity index (χ1) is 14.2. The molecule has 8 heteroatoms. The van der Waals surface area contributed by atoms with Gasteiger partial charge in [-0.2, -0.15) is 0 Å². The summed E-state index contributed by atoms with van der Waals surface area (Å²) in [4.78, 5) is 38.6. The van der Waals surface area contributed by atoms with E-state index in [1.165, 1.54) is 33.3 Å². The Morgan fingerprint density at radius 1 is 1.10 bits per heavy atom. The molecule has 3 N–H and O–H groups in total. The molecule has 0 aliphatic heterocycles. The molecule has 2 aromatic carbocycles. The number of aliphatic hydroxyl groups excluding tert-OH is 1. The van der Waals surface area contributed by atoms with Crippen molar-refractivity contribution in [1.29, 1.82) is 0 Å². The zero-order valence-corrected chi connectivity index (χ0v) is 16.6. The van der Waals surface area contributed by atoms with Gasteiger partial charge in [-0.05, 0) is 13.0 Å². The second-order valence-electron chi connectivity index (χ2n) is 7.55. The van der Waals surface area contributed by atoms with Crippen LogP contribution in [0.3, 0.4) is 0 Å². The van der Waals surface area contributed by atoms with Crippen LogP contribution in [0.1, 0.15) is 62.4 Å². The highest BCUT2D eigenvalue weighted by Crippen LogP contribution is 2.51. The molecule has 30 heavy (non-hydrogen) atoms. The normalized spacial score (nSPS) is 22.1. The molecule has 156 valence electrons. The number of ether oxygens (including phenoxy) is 2. The van der Waals surface area contributed by atoms with Crippen LogP contribution in [-0.2, 0) is 11.2 Å². The summed E-state index contributed by atoms with van der Waals surface area (Å²) in [6, 6.07) is 4.57. The first kappa shape index (κ1) is 20.1. The van der Waals surface area contributed by atoms with Gasteiger partial charge in [0.1, 0.15) is 22.8 Å². The Labute approximate surface area is 171 Å². The number of benzene rings is 2. The number of rotatable bonds is 3. The number of ketones is 3. The Balaban J connectivity index is 2.07. The van der Waals surface area contributed by atoms with Crippen LogP contribution in [0.2, 0.25) is 0 Å². The molecule has 2 aliphatic rings. The average molecular weight is 412 g/mol. The maximum atomic E-state index is 13.3. The van der Waals surface area contributed by atoms with Gasteiger partial charge in [-0.3, -0.25) is 14.4 Å². The van der Waals surface area contributed by atoms with Crippen molar-refractivity contribution in [2.24, 2.45) is 0 Å². The maximum absolute atomic E-state index is 13.3. The van der Waals surface area contributed by atoms with Gasteiger partial charge < -0.3 is 24.8 Å². The quantitative estimate of drug-likeness (QED) is 0.590. The predicted octanol–water partition coefficient (Wildman–Crippen LogP) is 1.48. The number of phenolic OH excluding ortho intramolecular Hbond substituents is 1. The van der Waals surface area contributed by atoms with E-state index < -0.39 is 34.8 Å². The van der Waals surface area contributed by atoms with Crippen LogP contribution in [0.4, 0.5) is 0 Å². The third-order valence-corrected chi connectivity index (χ3v) is 5.93. The molecular weight excluding hydrogens is 392 g/mol. The monoisotopic (exact) mass is 412 g/mol. The number of methoxy groups -OCH3 is 2. The van der Waals surface area contributed by atoms with Crippen molar-refractivity contribution in [2.45, 2.75) is 31.5 Å². The molecule has 0 amide bonds. The molecule has 0 saturated heterocycles. The Bertz CT molecular complexity index is 1130. The lowest BCUT2D eigenvalue weighted by atomic mass is 9.72. The molecule has 2 aliphatic carbocycles. The number of aliphatic hydroxyl groups is 2. The molecular formula is C22H20O8. The summed E-state index contributed by atoms with van der Waals surface area (Å²) in [7, 11) is 2.64. The zero-order chi connectivity index (χ0) is 22.0. The van der Waals surface area contributed by atoms with E-state index in [-0.39, 0.29) is 57.7 Å². The van der Waals surface area contributed by atoms with Crippen LogP contribution in [0.15, 0.2) is 18.2 Å². The van der Waals surface area contributed by atoms with Gasteiger partial charge >= 0.3 is 0 Å². The molecule has 0 fully saturated rings. The lowest BCUT2D eigenvalue weighted by Crippen LogP contribution is -2.44. The lowest BCUT2D eigenvalue weighted by molar-refractivity contribution is -0.139. The van der Waals surface area contributed by atoms with E-state index in [1.807, 2.05) is 0 Å². The van der Waals surface area contributed by atoms with Crippen molar-refractivity contribution in [3.63, 3.8) is 0 Å². The van der Waals surface area contributed by atoms with Gasteiger partial charge in [0.15, 0.2) is 11.6 Å². The standard InChI is InChI=1S/C22H20O8/c1-9(23)22(28)7-11-14(12(24)8-22)19(26)16-17(21(11)30-3)18(25)10-5-4-6-13(29-2)15(10)20(16)27/h4-6,12,24,26,28H,7-8H2,1-3H3/t12-,22+/m1/s1. The minimum Gasteiger partial charge on any atom is -0.507 e. The second-order valence-corrected chi connectivity index (χ2v) is 7.55. The van der Waals surface area contributed by atoms with E-state index in [0.717, 1.165) is 0 Å². The van der Waals surface area contributed by atoms with Crippen molar-refractivity contribution in [3.05, 3.63) is 51.6 Å². The largest absolute Gasteiger partial charge is 0.507 e. The topological polar surface area (TPSA) is 130 Å². The molecule has 0 radical (unpaired) electrons. The third kappa shape index (κ3) is 2.50. The summed E-state index contributed by atoms with van der Waals surface area (Å²) >= 11 is 0. The van der Waals surface area contributed by atoms with Crippen LogP contribution in [0, 0.1) is 0 Å². The number of aromatic hydroxyl groups is 1. The van der Waals surface area contributed by atoms with E-state index in [1.54, 1.807) is 6.07 Å². The number of carbonyl (C=O) groups is 3. The second kappa shape index (κ2) is 6.65. The average Bonchev–Trinajstić information content (AvgIpc) is 2.70. The predicted molar refractivity (Wildman–Crippen MR) is 103 cm³/mol. The molecule has 0 unspecified atom stereocenters. The highest BCUT2D eigenvalue weighted by Gasteiger charge is 2.47. The summed E-state index contributed by atoms with van der Waals surface area (Å²) in [5, 5.41) is 32.3. The minimum absolute atomic E-state index is 0.0142. The van der Waals surface area contributed by atoms with Crippen LogP contribution >= 0.6 is 0 Å². The molecule has 2 atom stereocenters. The van der Waals surface area contributed by atoms with E-state index in [4.69, 9.17) is 9.47 Å². The van der Waals surface area contributed by atoms with Gasteiger partial charge in [-0.1, -0.05) is 12.1 Å². The van der Waals surface area contributed by atoms with E-state index in [0.29, 0.717) is 0 Å². The summed E-state index contributed by atoms with van der Waals surface area (Å²) in [6.45, 7) is 1.19. The van der Waals surface area contributed by atoms with E-state index >= 15 is 0 Å². The van der Waals surface area contributed by atoms with Crippen molar-refractivity contribution in [3.8, 4) is 17.2 Å². The van der Waals surface area contributed by atoms with Gasteiger partial charge in [0.2, 0.25) is 5.78 Å². The fourth-order valence-electron chi connectivity index (χ4n) is 4.42. The number of hydrogen-bond acceptors (Lipinski definition) is 8.